The number of carbonyl (C=O) groups excluding carboxylic acids is 4. The zero-order valence-electron chi connectivity index (χ0n) is 16.3. The molecule has 28 heavy (non-hydrogen) atoms. The smallest absolute Gasteiger partial charge is 0.326 e. The van der Waals surface area contributed by atoms with Crippen molar-refractivity contribution in [2.45, 2.75) is 51.5 Å². The molecule has 1 saturated carbocycles. The van der Waals surface area contributed by atoms with E-state index in [1.807, 2.05) is 26.0 Å². The lowest BCUT2D eigenvalue weighted by molar-refractivity contribution is -0.147. The van der Waals surface area contributed by atoms with Crippen LogP contribution in [0.4, 0.5) is 4.79 Å². The van der Waals surface area contributed by atoms with Crippen molar-refractivity contribution in [3.63, 3.8) is 0 Å². The molecule has 2 fully saturated rings. The fourth-order valence-electron chi connectivity index (χ4n) is 3.97. The molecule has 0 unspecified atom stereocenters. The summed E-state index contributed by atoms with van der Waals surface area (Å²) in [4.78, 5) is 50.3. The second kappa shape index (κ2) is 8.12. The van der Waals surface area contributed by atoms with Gasteiger partial charge in [-0.1, -0.05) is 51.0 Å². The van der Waals surface area contributed by atoms with E-state index in [0.717, 1.165) is 36.1 Å². The van der Waals surface area contributed by atoms with Gasteiger partial charge in [0.1, 0.15) is 12.1 Å². The Morgan fingerprint density at radius 3 is 2.57 bits per heavy atom. The van der Waals surface area contributed by atoms with Crippen LogP contribution in [0.3, 0.4) is 0 Å². The highest BCUT2D eigenvalue weighted by molar-refractivity contribution is 6.09. The number of amides is 3. The molecular weight excluding hydrogens is 360 g/mol. The maximum atomic E-state index is 12.8. The van der Waals surface area contributed by atoms with E-state index in [0.29, 0.717) is 12.0 Å². The third kappa shape index (κ3) is 3.79. The number of carbonyl (C=O) groups is 4. The van der Waals surface area contributed by atoms with E-state index >= 15 is 0 Å². The third-order valence-corrected chi connectivity index (χ3v) is 5.84. The normalized spacial score (nSPS) is 24.4. The number of ketones is 1. The van der Waals surface area contributed by atoms with Crippen molar-refractivity contribution in [1.29, 1.82) is 0 Å². The van der Waals surface area contributed by atoms with Gasteiger partial charge in [0.15, 0.2) is 12.4 Å². The largest absolute Gasteiger partial charge is 0.456 e. The summed E-state index contributed by atoms with van der Waals surface area (Å²) in [5.74, 6) is -1.46. The summed E-state index contributed by atoms with van der Waals surface area (Å²) in [5, 5.41) is 2.79. The number of urea groups is 1. The maximum absolute atomic E-state index is 12.8. The second-order valence-corrected chi connectivity index (χ2v) is 7.57. The number of esters is 1. The van der Waals surface area contributed by atoms with Crippen molar-refractivity contribution in [1.82, 2.24) is 10.2 Å². The van der Waals surface area contributed by atoms with Gasteiger partial charge in [0.25, 0.3) is 5.91 Å². The number of benzene rings is 1. The molecule has 3 rings (SSSR count). The number of nitrogens with one attached hydrogen (secondary N) is 1. The Hall–Kier alpha value is -2.70. The summed E-state index contributed by atoms with van der Waals surface area (Å²) in [6, 6.07) is 6.53. The van der Waals surface area contributed by atoms with Crippen LogP contribution in [0.2, 0.25) is 0 Å². The molecule has 7 heteroatoms. The summed E-state index contributed by atoms with van der Waals surface area (Å²) in [5.41, 5.74) is 0.653. The predicted octanol–water partition coefficient (Wildman–Crippen LogP) is 2.48. The van der Waals surface area contributed by atoms with Crippen molar-refractivity contribution >= 4 is 23.7 Å². The van der Waals surface area contributed by atoms with Crippen LogP contribution >= 0.6 is 0 Å². The topological polar surface area (TPSA) is 92.8 Å². The van der Waals surface area contributed by atoms with E-state index in [-0.39, 0.29) is 17.6 Å². The highest BCUT2D eigenvalue weighted by atomic mass is 16.5. The van der Waals surface area contributed by atoms with Crippen molar-refractivity contribution < 1.29 is 23.9 Å². The van der Waals surface area contributed by atoms with Gasteiger partial charge >= 0.3 is 12.0 Å². The molecular formula is C21H26N2O5. The van der Waals surface area contributed by atoms with Gasteiger partial charge in [-0.25, -0.2) is 4.79 Å². The molecule has 0 bridgehead atoms. The zero-order valence-corrected chi connectivity index (χ0v) is 16.3. The van der Waals surface area contributed by atoms with Gasteiger partial charge in [0.2, 0.25) is 0 Å². The first kappa shape index (κ1) is 20.0. The SMILES string of the molecule is CCc1ccc(C(=O)COC(=O)CN2C(=O)N[C@]3(CCCC[C@H]3C)C2=O)cc1. The van der Waals surface area contributed by atoms with E-state index in [1.165, 1.54) is 0 Å². The molecule has 0 aromatic heterocycles. The monoisotopic (exact) mass is 386 g/mol. The quantitative estimate of drug-likeness (QED) is 0.461. The third-order valence-electron chi connectivity index (χ3n) is 5.84. The summed E-state index contributed by atoms with van der Waals surface area (Å²) >= 11 is 0. The number of rotatable bonds is 6. The van der Waals surface area contributed by atoms with E-state index in [4.69, 9.17) is 4.74 Å². The molecule has 0 radical (unpaired) electrons. The fourth-order valence-corrected chi connectivity index (χ4v) is 3.97. The summed E-state index contributed by atoms with van der Waals surface area (Å²) in [6.07, 6.45) is 4.19. The molecule has 1 aromatic rings. The van der Waals surface area contributed by atoms with Crippen LogP contribution in [0, 0.1) is 5.92 Å². The Bertz CT molecular complexity index is 788. The molecule has 2 aliphatic rings. The van der Waals surface area contributed by atoms with Crippen LogP contribution in [-0.2, 0) is 20.7 Å². The maximum Gasteiger partial charge on any atom is 0.326 e. The number of nitrogens with zero attached hydrogens (tertiary/aromatic N) is 1. The van der Waals surface area contributed by atoms with E-state index in [9.17, 15) is 19.2 Å². The molecule has 1 N–H and O–H groups in total. The number of imide groups is 1. The van der Waals surface area contributed by atoms with Crippen molar-refractivity contribution in [3.8, 4) is 0 Å². The van der Waals surface area contributed by atoms with E-state index in [1.54, 1.807) is 12.1 Å². The fraction of sp³-hybridized carbons (Fsp3) is 0.524. The molecule has 1 aliphatic heterocycles. The Labute approximate surface area is 164 Å². The average molecular weight is 386 g/mol. The van der Waals surface area contributed by atoms with Gasteiger partial charge in [-0.2, -0.15) is 0 Å². The Balaban J connectivity index is 1.56. The van der Waals surface area contributed by atoms with Crippen molar-refractivity contribution in [2.75, 3.05) is 13.2 Å². The van der Waals surface area contributed by atoms with Crippen molar-refractivity contribution in [2.24, 2.45) is 5.92 Å². The Morgan fingerprint density at radius 1 is 1.21 bits per heavy atom. The molecule has 1 aromatic carbocycles. The molecule has 7 nitrogen and oxygen atoms in total. The highest BCUT2D eigenvalue weighted by Crippen LogP contribution is 2.38. The van der Waals surface area contributed by atoms with Gasteiger partial charge in [0.05, 0.1) is 0 Å². The number of hydrogen-bond donors (Lipinski definition) is 1. The second-order valence-electron chi connectivity index (χ2n) is 7.57. The molecule has 150 valence electrons. The molecule has 1 heterocycles. The lowest BCUT2D eigenvalue weighted by Crippen LogP contribution is -2.54. The standard InChI is InChI=1S/C21H26N2O5/c1-3-15-7-9-16(10-8-15)17(24)13-28-18(25)12-23-19(26)21(22-20(23)27)11-5-4-6-14(21)2/h7-10,14H,3-6,11-13H2,1-2H3,(H,22,27)/t14-,21+/m1/s1. The minimum Gasteiger partial charge on any atom is -0.456 e. The van der Waals surface area contributed by atoms with Crippen LogP contribution < -0.4 is 5.32 Å². The van der Waals surface area contributed by atoms with Crippen LogP contribution in [0.1, 0.15) is 55.5 Å². The van der Waals surface area contributed by atoms with E-state index in [2.05, 4.69) is 5.32 Å². The summed E-state index contributed by atoms with van der Waals surface area (Å²) < 4.78 is 5.01. The number of hydrogen-bond acceptors (Lipinski definition) is 5. The molecule has 1 aliphatic carbocycles. The first-order valence-electron chi connectivity index (χ1n) is 9.79. The lowest BCUT2D eigenvalue weighted by atomic mass is 9.73. The Morgan fingerprint density at radius 2 is 1.93 bits per heavy atom. The van der Waals surface area contributed by atoms with Gasteiger partial charge < -0.3 is 10.1 Å². The summed E-state index contributed by atoms with van der Waals surface area (Å²) in [7, 11) is 0. The average Bonchev–Trinajstić information content (AvgIpc) is 2.93. The van der Waals surface area contributed by atoms with Crippen molar-refractivity contribution in [3.05, 3.63) is 35.4 Å². The van der Waals surface area contributed by atoms with Gasteiger partial charge in [-0.3, -0.25) is 19.3 Å². The van der Waals surface area contributed by atoms with Gasteiger partial charge in [-0.05, 0) is 30.7 Å². The molecule has 1 saturated heterocycles. The molecule has 2 atom stereocenters. The highest BCUT2D eigenvalue weighted by Gasteiger charge is 2.55. The predicted molar refractivity (Wildman–Crippen MR) is 102 cm³/mol. The van der Waals surface area contributed by atoms with Gasteiger partial charge in [-0.15, -0.1) is 0 Å². The number of Topliss-reactive ketones (excluding diaryl/α,β-unsaturated/α-hetero) is 1. The lowest BCUT2D eigenvalue weighted by Gasteiger charge is -2.36. The van der Waals surface area contributed by atoms with Crippen LogP contribution in [0.15, 0.2) is 24.3 Å². The van der Waals surface area contributed by atoms with Crippen LogP contribution in [0.5, 0.6) is 0 Å². The number of ether oxygens (including phenoxy) is 1. The minimum atomic E-state index is -0.910. The number of aryl methyl sites for hydroxylation is 1. The molecule has 1 spiro atoms. The first-order valence-corrected chi connectivity index (χ1v) is 9.79. The zero-order chi connectivity index (χ0) is 20.3. The summed E-state index contributed by atoms with van der Waals surface area (Å²) in [6.45, 7) is 3.06. The van der Waals surface area contributed by atoms with Crippen LogP contribution in [0.25, 0.3) is 0 Å². The molecule has 3 amide bonds. The minimum absolute atomic E-state index is 0.0198. The van der Waals surface area contributed by atoms with E-state index < -0.39 is 30.7 Å². The van der Waals surface area contributed by atoms with Gasteiger partial charge in [0, 0.05) is 5.56 Å². The first-order chi connectivity index (χ1) is 13.4. The van der Waals surface area contributed by atoms with Crippen LogP contribution in [-0.4, -0.2) is 47.3 Å². The Kier molecular flexibility index (Phi) is 5.82.